The van der Waals surface area contributed by atoms with Crippen molar-refractivity contribution in [2.75, 3.05) is 25.0 Å². The summed E-state index contributed by atoms with van der Waals surface area (Å²) in [6, 6.07) is 12.8. The van der Waals surface area contributed by atoms with Crippen LogP contribution in [-0.2, 0) is 6.54 Å². The van der Waals surface area contributed by atoms with Crippen molar-refractivity contribution in [3.8, 4) is 10.8 Å². The summed E-state index contributed by atoms with van der Waals surface area (Å²) in [4.78, 5) is 5.77. The van der Waals surface area contributed by atoms with Crippen molar-refractivity contribution in [2.24, 2.45) is 0 Å². The predicted molar refractivity (Wildman–Crippen MR) is 105 cm³/mol. The van der Waals surface area contributed by atoms with E-state index in [1.165, 1.54) is 24.1 Å². The van der Waals surface area contributed by atoms with E-state index >= 15 is 0 Å². The molecule has 2 aromatic heterocycles. The third-order valence-corrected chi connectivity index (χ3v) is 5.91. The number of nitrogens with zero attached hydrogens (tertiary/aromatic N) is 4. The van der Waals surface area contributed by atoms with Crippen LogP contribution in [0.25, 0.3) is 10.8 Å². The average molecular weight is 369 g/mol. The molecule has 1 atom stereocenters. The monoisotopic (exact) mass is 368 g/mol. The number of para-hydroxylation sites is 1. The largest absolute Gasteiger partial charge is 0.418 e. The molecular weight excluding hydrogens is 344 g/mol. The van der Waals surface area contributed by atoms with E-state index in [4.69, 9.17) is 4.42 Å². The Hall–Kier alpha value is -2.18. The van der Waals surface area contributed by atoms with Gasteiger partial charge < -0.3 is 9.32 Å². The van der Waals surface area contributed by atoms with Crippen molar-refractivity contribution >= 4 is 17.0 Å². The van der Waals surface area contributed by atoms with Gasteiger partial charge in [0, 0.05) is 25.3 Å². The van der Waals surface area contributed by atoms with Crippen LogP contribution in [0.4, 0.5) is 5.69 Å². The van der Waals surface area contributed by atoms with Gasteiger partial charge in [0.15, 0.2) is 0 Å². The zero-order valence-electron chi connectivity index (χ0n) is 15.3. The lowest BCUT2D eigenvalue weighted by atomic mass is 10.1. The predicted octanol–water partition coefficient (Wildman–Crippen LogP) is 4.59. The third kappa shape index (κ3) is 3.52. The Labute approximate surface area is 158 Å². The van der Waals surface area contributed by atoms with Gasteiger partial charge in [-0.05, 0) is 49.9 Å². The fourth-order valence-corrected chi connectivity index (χ4v) is 4.05. The van der Waals surface area contributed by atoms with Gasteiger partial charge in [-0.15, -0.1) is 21.5 Å². The molecule has 0 N–H and O–H groups in total. The summed E-state index contributed by atoms with van der Waals surface area (Å²) in [6.45, 7) is 5.28. The lowest BCUT2D eigenvalue weighted by Gasteiger charge is -2.26. The summed E-state index contributed by atoms with van der Waals surface area (Å²) >= 11 is 1.61. The second-order valence-corrected chi connectivity index (χ2v) is 7.78. The second kappa shape index (κ2) is 7.60. The molecule has 1 aromatic carbocycles. The average Bonchev–Trinajstić information content (AvgIpc) is 3.43. The van der Waals surface area contributed by atoms with E-state index in [9.17, 15) is 0 Å². The lowest BCUT2D eigenvalue weighted by Crippen LogP contribution is -2.25. The minimum atomic E-state index is 0.0582. The minimum Gasteiger partial charge on any atom is -0.418 e. The van der Waals surface area contributed by atoms with Crippen LogP contribution in [-0.4, -0.2) is 35.2 Å². The smallest absolute Gasteiger partial charge is 0.257 e. The lowest BCUT2D eigenvalue weighted by molar-refractivity contribution is 0.218. The molecule has 0 bridgehead atoms. The van der Waals surface area contributed by atoms with Crippen molar-refractivity contribution in [3.63, 3.8) is 0 Å². The molecule has 4 rings (SSSR count). The first-order valence-corrected chi connectivity index (χ1v) is 10.0. The number of thiophene rings is 1. The first-order chi connectivity index (χ1) is 12.7. The van der Waals surface area contributed by atoms with Crippen molar-refractivity contribution in [1.82, 2.24) is 15.1 Å². The highest BCUT2D eigenvalue weighted by atomic mass is 32.1. The molecule has 1 fully saturated rings. The van der Waals surface area contributed by atoms with E-state index in [2.05, 4.69) is 58.2 Å². The van der Waals surface area contributed by atoms with E-state index in [-0.39, 0.29) is 6.04 Å². The number of hydrogen-bond donors (Lipinski definition) is 0. The molecule has 1 aliphatic rings. The molecule has 0 radical (unpaired) electrons. The molecule has 1 aliphatic heterocycles. The van der Waals surface area contributed by atoms with Gasteiger partial charge in [-0.25, -0.2) is 0 Å². The SMILES string of the molecule is C[C@@H](c1nnc(-c2cccs2)o1)N(C)Cc1ccccc1N1CCCC1. The van der Waals surface area contributed by atoms with Crippen LogP contribution in [0.15, 0.2) is 46.2 Å². The molecule has 0 aliphatic carbocycles. The maximum atomic E-state index is 5.91. The highest BCUT2D eigenvalue weighted by Crippen LogP contribution is 2.29. The molecular formula is C20H24N4OS. The summed E-state index contributed by atoms with van der Waals surface area (Å²) in [6.07, 6.45) is 2.57. The number of benzene rings is 1. The normalized spacial score (nSPS) is 15.7. The highest BCUT2D eigenvalue weighted by molar-refractivity contribution is 7.13. The molecule has 6 heteroatoms. The molecule has 0 saturated carbocycles. The second-order valence-electron chi connectivity index (χ2n) is 6.84. The zero-order valence-corrected chi connectivity index (χ0v) is 16.1. The Morgan fingerprint density at radius 3 is 2.73 bits per heavy atom. The van der Waals surface area contributed by atoms with Crippen LogP contribution in [0, 0.1) is 0 Å². The minimum absolute atomic E-state index is 0.0582. The topological polar surface area (TPSA) is 45.4 Å². The quantitative estimate of drug-likeness (QED) is 0.637. The van der Waals surface area contributed by atoms with E-state index in [0.717, 1.165) is 24.5 Å². The fourth-order valence-electron chi connectivity index (χ4n) is 3.41. The Morgan fingerprint density at radius 1 is 1.15 bits per heavy atom. The van der Waals surface area contributed by atoms with E-state index in [1.807, 2.05) is 17.5 Å². The third-order valence-electron chi connectivity index (χ3n) is 5.05. The first kappa shape index (κ1) is 17.2. The van der Waals surface area contributed by atoms with Gasteiger partial charge >= 0.3 is 0 Å². The van der Waals surface area contributed by atoms with Crippen LogP contribution in [0.1, 0.15) is 37.3 Å². The van der Waals surface area contributed by atoms with Gasteiger partial charge in [-0.2, -0.15) is 0 Å². The highest BCUT2D eigenvalue weighted by Gasteiger charge is 2.22. The summed E-state index contributed by atoms with van der Waals surface area (Å²) in [7, 11) is 2.11. The van der Waals surface area contributed by atoms with Crippen LogP contribution in [0.2, 0.25) is 0 Å². The van der Waals surface area contributed by atoms with Crippen molar-refractivity contribution in [3.05, 3.63) is 53.2 Å². The van der Waals surface area contributed by atoms with E-state index < -0.39 is 0 Å². The maximum Gasteiger partial charge on any atom is 0.257 e. The van der Waals surface area contributed by atoms with Crippen molar-refractivity contribution < 1.29 is 4.42 Å². The van der Waals surface area contributed by atoms with E-state index in [0.29, 0.717) is 11.8 Å². The van der Waals surface area contributed by atoms with Crippen LogP contribution in [0.5, 0.6) is 0 Å². The number of hydrogen-bond acceptors (Lipinski definition) is 6. The molecule has 5 nitrogen and oxygen atoms in total. The molecule has 1 saturated heterocycles. The standard InChI is InChI=1S/C20H24N4OS/c1-15(19-21-22-20(25-19)18-10-7-13-26-18)23(2)14-16-8-3-4-9-17(16)24-11-5-6-12-24/h3-4,7-10,13,15H,5-6,11-12,14H2,1-2H3/t15-/m0/s1. The van der Waals surface area contributed by atoms with Gasteiger partial charge in [0.1, 0.15) is 0 Å². The molecule has 26 heavy (non-hydrogen) atoms. The fraction of sp³-hybridized carbons (Fsp3) is 0.400. The van der Waals surface area contributed by atoms with Crippen LogP contribution < -0.4 is 4.90 Å². The summed E-state index contributed by atoms with van der Waals surface area (Å²) < 4.78 is 5.91. The molecule has 3 heterocycles. The van der Waals surface area contributed by atoms with Crippen LogP contribution >= 0.6 is 11.3 Å². The Kier molecular flexibility index (Phi) is 5.04. The number of aromatic nitrogens is 2. The zero-order chi connectivity index (χ0) is 17.9. The van der Waals surface area contributed by atoms with Gasteiger partial charge in [0.2, 0.25) is 5.89 Å². The van der Waals surface area contributed by atoms with Gasteiger partial charge in [0.05, 0.1) is 10.9 Å². The summed E-state index contributed by atoms with van der Waals surface area (Å²) in [5.41, 5.74) is 2.70. The molecule has 0 unspecified atom stereocenters. The molecule has 3 aromatic rings. The maximum absolute atomic E-state index is 5.91. The Balaban J connectivity index is 1.49. The molecule has 0 amide bonds. The van der Waals surface area contributed by atoms with E-state index in [1.54, 1.807) is 11.3 Å². The Morgan fingerprint density at radius 2 is 1.96 bits per heavy atom. The molecule has 0 spiro atoms. The summed E-state index contributed by atoms with van der Waals surface area (Å²) in [5.74, 6) is 1.27. The molecule has 136 valence electrons. The van der Waals surface area contributed by atoms with Gasteiger partial charge in [0.25, 0.3) is 5.89 Å². The van der Waals surface area contributed by atoms with Crippen LogP contribution in [0.3, 0.4) is 0 Å². The van der Waals surface area contributed by atoms with Gasteiger partial charge in [-0.1, -0.05) is 24.3 Å². The number of anilines is 1. The summed E-state index contributed by atoms with van der Waals surface area (Å²) in [5, 5.41) is 10.5. The number of rotatable bonds is 6. The first-order valence-electron chi connectivity index (χ1n) is 9.13. The van der Waals surface area contributed by atoms with Crippen molar-refractivity contribution in [1.29, 1.82) is 0 Å². The van der Waals surface area contributed by atoms with Crippen molar-refractivity contribution in [2.45, 2.75) is 32.4 Å². The van der Waals surface area contributed by atoms with Gasteiger partial charge in [-0.3, -0.25) is 4.90 Å². The Bertz CT molecular complexity index is 839.